The molecule has 1 nitrogen and oxygen atoms in total. The van der Waals surface area contributed by atoms with Crippen molar-refractivity contribution < 1.29 is 5.11 Å². The Morgan fingerprint density at radius 1 is 1.43 bits per heavy atom. The second kappa shape index (κ2) is 3.54. The van der Waals surface area contributed by atoms with Crippen LogP contribution in [-0.2, 0) is 5.60 Å². The van der Waals surface area contributed by atoms with E-state index >= 15 is 0 Å². The maximum absolute atomic E-state index is 10.7. The molecule has 14 heavy (non-hydrogen) atoms. The minimum absolute atomic E-state index is 0.00308. The molecule has 1 atom stereocenters. The first-order valence-electron chi connectivity index (χ1n) is 4.90. The van der Waals surface area contributed by atoms with Gasteiger partial charge in [-0.15, -0.1) is 11.3 Å². The monoisotopic (exact) mass is 228 g/mol. The van der Waals surface area contributed by atoms with E-state index in [1.54, 1.807) is 11.3 Å². The number of hydrogen-bond acceptors (Lipinski definition) is 3. The Kier molecular flexibility index (Phi) is 2.66. The van der Waals surface area contributed by atoms with E-state index in [1.807, 2.05) is 23.2 Å². The molecule has 78 valence electrons. The van der Waals surface area contributed by atoms with E-state index in [2.05, 4.69) is 19.9 Å². The van der Waals surface area contributed by atoms with Crippen molar-refractivity contribution in [1.82, 2.24) is 0 Å². The van der Waals surface area contributed by atoms with Crippen LogP contribution in [0.2, 0.25) is 0 Å². The molecular weight excluding hydrogens is 212 g/mol. The van der Waals surface area contributed by atoms with E-state index in [9.17, 15) is 5.11 Å². The van der Waals surface area contributed by atoms with E-state index in [-0.39, 0.29) is 5.41 Å². The van der Waals surface area contributed by atoms with E-state index in [0.29, 0.717) is 0 Å². The van der Waals surface area contributed by atoms with Gasteiger partial charge in [-0.25, -0.2) is 0 Å². The van der Waals surface area contributed by atoms with Gasteiger partial charge in [0.2, 0.25) is 0 Å². The molecule has 0 amide bonds. The molecule has 1 saturated heterocycles. The van der Waals surface area contributed by atoms with Gasteiger partial charge in [0.1, 0.15) is 5.60 Å². The predicted molar refractivity (Wildman–Crippen MR) is 63.9 cm³/mol. The zero-order valence-electron chi connectivity index (χ0n) is 8.62. The minimum Gasteiger partial charge on any atom is -0.383 e. The predicted octanol–water partition coefficient (Wildman–Crippen LogP) is 3.10. The summed E-state index contributed by atoms with van der Waals surface area (Å²) < 4.78 is 0. The van der Waals surface area contributed by atoms with Gasteiger partial charge in [0.05, 0.1) is 0 Å². The zero-order valence-corrected chi connectivity index (χ0v) is 10.3. The zero-order chi connectivity index (χ0) is 10.2. The van der Waals surface area contributed by atoms with Gasteiger partial charge in [0.25, 0.3) is 0 Å². The van der Waals surface area contributed by atoms with Crippen molar-refractivity contribution in [3.8, 4) is 0 Å². The Bertz CT molecular complexity index is 305. The number of hydrogen-bond donors (Lipinski definition) is 1. The van der Waals surface area contributed by atoms with Crippen molar-refractivity contribution in [1.29, 1.82) is 0 Å². The minimum atomic E-state index is -0.621. The molecule has 0 bridgehead atoms. The average molecular weight is 228 g/mol. The largest absolute Gasteiger partial charge is 0.383 e. The van der Waals surface area contributed by atoms with Crippen LogP contribution in [0.15, 0.2) is 17.5 Å². The van der Waals surface area contributed by atoms with Crippen molar-refractivity contribution >= 4 is 23.1 Å². The van der Waals surface area contributed by atoms with Gasteiger partial charge in [0.15, 0.2) is 0 Å². The lowest BCUT2D eigenvalue weighted by Gasteiger charge is -2.45. The van der Waals surface area contributed by atoms with Crippen LogP contribution >= 0.6 is 23.1 Å². The standard InChI is InChI=1S/C11H16OS2/c1-10(2)5-7-13-8-11(10,12)9-4-3-6-14-9/h3-4,6,12H,5,7-8H2,1-2H3. The molecule has 1 unspecified atom stereocenters. The molecule has 0 spiro atoms. The Morgan fingerprint density at radius 2 is 2.21 bits per heavy atom. The summed E-state index contributed by atoms with van der Waals surface area (Å²) in [6.07, 6.45) is 1.09. The van der Waals surface area contributed by atoms with Crippen molar-refractivity contribution in [2.45, 2.75) is 25.9 Å². The van der Waals surface area contributed by atoms with E-state index < -0.39 is 5.60 Å². The van der Waals surface area contributed by atoms with Crippen LogP contribution in [0.3, 0.4) is 0 Å². The van der Waals surface area contributed by atoms with Crippen molar-refractivity contribution in [3.63, 3.8) is 0 Å². The molecule has 1 aromatic rings. The second-order valence-electron chi connectivity index (χ2n) is 4.52. The molecule has 1 fully saturated rings. The average Bonchev–Trinajstić information content (AvgIpc) is 2.63. The molecule has 0 aliphatic carbocycles. The third-order valence-corrected chi connectivity index (χ3v) is 5.37. The molecule has 2 rings (SSSR count). The molecule has 1 aliphatic rings. The van der Waals surface area contributed by atoms with Crippen molar-refractivity contribution in [2.24, 2.45) is 5.41 Å². The Hall–Kier alpha value is 0.01000. The van der Waals surface area contributed by atoms with Gasteiger partial charge in [-0.3, -0.25) is 0 Å². The normalized spacial score (nSPS) is 31.6. The van der Waals surface area contributed by atoms with E-state index in [4.69, 9.17) is 0 Å². The fourth-order valence-electron chi connectivity index (χ4n) is 1.87. The summed E-state index contributed by atoms with van der Waals surface area (Å²) in [6, 6.07) is 4.08. The maximum atomic E-state index is 10.7. The fraction of sp³-hybridized carbons (Fsp3) is 0.636. The highest BCUT2D eigenvalue weighted by atomic mass is 32.2. The number of thioether (sulfide) groups is 1. The van der Waals surface area contributed by atoms with Crippen LogP contribution in [-0.4, -0.2) is 16.6 Å². The van der Waals surface area contributed by atoms with Gasteiger partial charge in [-0.2, -0.15) is 11.8 Å². The lowest BCUT2D eigenvalue weighted by Crippen LogP contribution is -2.46. The van der Waals surface area contributed by atoms with Crippen molar-refractivity contribution in [3.05, 3.63) is 22.4 Å². The van der Waals surface area contributed by atoms with Crippen LogP contribution in [0.4, 0.5) is 0 Å². The Morgan fingerprint density at radius 3 is 2.79 bits per heavy atom. The fourth-order valence-corrected chi connectivity index (χ4v) is 4.60. The first-order valence-corrected chi connectivity index (χ1v) is 6.94. The Balaban J connectivity index is 2.37. The first-order chi connectivity index (χ1) is 6.56. The van der Waals surface area contributed by atoms with Crippen LogP contribution in [0.25, 0.3) is 0 Å². The van der Waals surface area contributed by atoms with Crippen LogP contribution in [0.5, 0.6) is 0 Å². The van der Waals surface area contributed by atoms with Gasteiger partial charge in [-0.1, -0.05) is 19.9 Å². The molecule has 1 aliphatic heterocycles. The third kappa shape index (κ3) is 1.51. The van der Waals surface area contributed by atoms with Gasteiger partial charge in [0, 0.05) is 16.0 Å². The third-order valence-electron chi connectivity index (χ3n) is 3.23. The second-order valence-corrected chi connectivity index (χ2v) is 6.58. The highest BCUT2D eigenvalue weighted by Crippen LogP contribution is 2.49. The summed E-state index contributed by atoms with van der Waals surface area (Å²) >= 11 is 3.53. The highest BCUT2D eigenvalue weighted by Gasteiger charge is 2.47. The lowest BCUT2D eigenvalue weighted by molar-refractivity contribution is -0.0548. The van der Waals surface area contributed by atoms with Crippen LogP contribution < -0.4 is 0 Å². The quantitative estimate of drug-likeness (QED) is 0.797. The Labute approximate surface area is 93.5 Å². The number of thiophene rings is 1. The highest BCUT2D eigenvalue weighted by molar-refractivity contribution is 7.99. The molecule has 0 saturated carbocycles. The number of rotatable bonds is 1. The summed E-state index contributed by atoms with van der Waals surface area (Å²) in [5.74, 6) is 2.00. The molecule has 1 N–H and O–H groups in total. The molecule has 2 heterocycles. The van der Waals surface area contributed by atoms with E-state index in [1.165, 1.54) is 5.75 Å². The van der Waals surface area contributed by atoms with Gasteiger partial charge < -0.3 is 5.11 Å². The van der Waals surface area contributed by atoms with Crippen molar-refractivity contribution in [2.75, 3.05) is 11.5 Å². The molecule has 1 aromatic heterocycles. The molecule has 0 radical (unpaired) electrons. The SMILES string of the molecule is CC1(C)CCSCC1(O)c1cccs1. The molecule has 0 aromatic carbocycles. The summed E-state index contributed by atoms with van der Waals surface area (Å²) in [6.45, 7) is 4.35. The van der Waals surface area contributed by atoms with Gasteiger partial charge >= 0.3 is 0 Å². The summed E-state index contributed by atoms with van der Waals surface area (Å²) in [7, 11) is 0. The van der Waals surface area contributed by atoms with Crippen LogP contribution in [0, 0.1) is 5.41 Å². The maximum Gasteiger partial charge on any atom is 0.113 e. The number of aliphatic hydroxyl groups is 1. The van der Waals surface area contributed by atoms with E-state index in [0.717, 1.165) is 17.1 Å². The summed E-state index contributed by atoms with van der Waals surface area (Å²) in [5.41, 5.74) is -0.618. The molecule has 3 heteroatoms. The molecular formula is C11H16OS2. The lowest BCUT2D eigenvalue weighted by atomic mass is 9.73. The van der Waals surface area contributed by atoms with Gasteiger partial charge in [-0.05, 0) is 23.6 Å². The van der Waals surface area contributed by atoms with Crippen LogP contribution in [0.1, 0.15) is 25.1 Å². The summed E-state index contributed by atoms with van der Waals surface area (Å²) in [4.78, 5) is 1.12. The first kappa shape index (κ1) is 10.5. The summed E-state index contributed by atoms with van der Waals surface area (Å²) in [5, 5.41) is 12.8. The topological polar surface area (TPSA) is 20.2 Å². The smallest absolute Gasteiger partial charge is 0.113 e.